The van der Waals surface area contributed by atoms with Crippen LogP contribution >= 0.6 is 0 Å². The molecule has 2 aromatic rings. The fraction of sp³-hybridized carbons (Fsp3) is 0.250. The highest BCUT2D eigenvalue weighted by Crippen LogP contribution is 2.27. The van der Waals surface area contributed by atoms with Gasteiger partial charge in [-0.1, -0.05) is 12.1 Å². The summed E-state index contributed by atoms with van der Waals surface area (Å²) in [5.41, 5.74) is 1.95. The maximum atomic E-state index is 11.8. The van der Waals surface area contributed by atoms with Crippen LogP contribution in [-0.2, 0) is 6.54 Å². The van der Waals surface area contributed by atoms with Gasteiger partial charge in [-0.25, -0.2) is 9.78 Å². The van der Waals surface area contributed by atoms with Gasteiger partial charge in [0, 0.05) is 12.7 Å². The van der Waals surface area contributed by atoms with Gasteiger partial charge >= 0.3 is 6.03 Å². The number of nitrogens with zero attached hydrogens (tertiary/aromatic N) is 1. The van der Waals surface area contributed by atoms with E-state index in [1.54, 1.807) is 32.5 Å². The van der Waals surface area contributed by atoms with Crippen LogP contribution in [0.4, 0.5) is 10.6 Å². The summed E-state index contributed by atoms with van der Waals surface area (Å²) in [4.78, 5) is 15.9. The van der Waals surface area contributed by atoms with Crippen molar-refractivity contribution < 1.29 is 14.3 Å². The Labute approximate surface area is 129 Å². The normalized spacial score (nSPS) is 9.95. The lowest BCUT2D eigenvalue weighted by Crippen LogP contribution is -2.28. The number of urea groups is 1. The Morgan fingerprint density at radius 2 is 1.91 bits per heavy atom. The van der Waals surface area contributed by atoms with Gasteiger partial charge in [0.05, 0.1) is 14.2 Å². The van der Waals surface area contributed by atoms with Crippen LogP contribution in [-0.4, -0.2) is 25.2 Å². The summed E-state index contributed by atoms with van der Waals surface area (Å²) >= 11 is 0. The van der Waals surface area contributed by atoms with Crippen LogP contribution in [0.2, 0.25) is 0 Å². The standard InChI is InChI=1S/C16H19N3O3/c1-11-4-7-15(17-9-11)19-16(20)18-10-12-5-6-13(21-2)14(8-12)22-3/h4-9H,10H2,1-3H3,(H2,17,18,19,20). The monoisotopic (exact) mass is 301 g/mol. The quantitative estimate of drug-likeness (QED) is 0.890. The Kier molecular flexibility index (Phi) is 5.19. The van der Waals surface area contributed by atoms with Gasteiger partial charge in [0.15, 0.2) is 11.5 Å². The predicted octanol–water partition coefficient (Wildman–Crippen LogP) is 2.73. The van der Waals surface area contributed by atoms with Gasteiger partial charge in [0.2, 0.25) is 0 Å². The summed E-state index contributed by atoms with van der Waals surface area (Å²) in [6, 6.07) is 8.82. The maximum Gasteiger partial charge on any atom is 0.320 e. The molecule has 0 atom stereocenters. The van der Waals surface area contributed by atoms with E-state index < -0.39 is 0 Å². The highest BCUT2D eigenvalue weighted by Gasteiger charge is 2.06. The molecule has 0 aliphatic heterocycles. The van der Waals surface area contributed by atoms with E-state index >= 15 is 0 Å². The number of benzene rings is 1. The number of methoxy groups -OCH3 is 2. The number of aromatic nitrogens is 1. The zero-order chi connectivity index (χ0) is 15.9. The molecule has 2 N–H and O–H groups in total. The Bertz CT molecular complexity index is 642. The minimum absolute atomic E-state index is 0.314. The molecule has 0 bridgehead atoms. The van der Waals surface area contributed by atoms with Crippen molar-refractivity contribution in [1.29, 1.82) is 0 Å². The lowest BCUT2D eigenvalue weighted by molar-refractivity contribution is 0.251. The minimum atomic E-state index is -0.314. The number of carbonyl (C=O) groups excluding carboxylic acids is 1. The Morgan fingerprint density at radius 3 is 2.55 bits per heavy atom. The lowest BCUT2D eigenvalue weighted by atomic mass is 10.2. The van der Waals surface area contributed by atoms with E-state index in [0.717, 1.165) is 11.1 Å². The molecule has 0 fully saturated rings. The number of carbonyl (C=O) groups is 1. The minimum Gasteiger partial charge on any atom is -0.493 e. The number of ether oxygens (including phenoxy) is 2. The summed E-state index contributed by atoms with van der Waals surface area (Å²) < 4.78 is 10.4. The molecule has 1 aromatic carbocycles. The number of pyridine rings is 1. The molecule has 0 spiro atoms. The van der Waals surface area contributed by atoms with E-state index in [1.165, 1.54) is 0 Å². The van der Waals surface area contributed by atoms with Crippen molar-refractivity contribution in [3.63, 3.8) is 0 Å². The number of anilines is 1. The van der Waals surface area contributed by atoms with E-state index in [9.17, 15) is 4.79 Å². The second-order valence-electron chi connectivity index (χ2n) is 4.72. The number of amides is 2. The fourth-order valence-corrected chi connectivity index (χ4v) is 1.88. The first-order chi connectivity index (χ1) is 10.6. The third-order valence-electron chi connectivity index (χ3n) is 3.05. The second kappa shape index (κ2) is 7.31. The smallest absolute Gasteiger partial charge is 0.320 e. The third kappa shape index (κ3) is 4.12. The number of hydrogen-bond donors (Lipinski definition) is 2. The van der Waals surface area contributed by atoms with Crippen molar-refractivity contribution in [2.45, 2.75) is 13.5 Å². The van der Waals surface area contributed by atoms with Gasteiger partial charge in [-0.3, -0.25) is 5.32 Å². The second-order valence-corrected chi connectivity index (χ2v) is 4.72. The molecule has 2 rings (SSSR count). The zero-order valence-electron chi connectivity index (χ0n) is 12.8. The van der Waals surface area contributed by atoms with Crippen molar-refractivity contribution in [3.05, 3.63) is 47.7 Å². The van der Waals surface area contributed by atoms with Crippen molar-refractivity contribution in [2.75, 3.05) is 19.5 Å². The number of aryl methyl sites for hydroxylation is 1. The number of hydrogen-bond acceptors (Lipinski definition) is 4. The summed E-state index contributed by atoms with van der Waals surface area (Å²) in [6.07, 6.45) is 1.70. The molecule has 0 unspecified atom stereocenters. The average molecular weight is 301 g/mol. The Morgan fingerprint density at radius 1 is 1.14 bits per heavy atom. The molecule has 6 heteroatoms. The molecular formula is C16H19N3O3. The Balaban J connectivity index is 1.92. The average Bonchev–Trinajstić information content (AvgIpc) is 2.54. The third-order valence-corrected chi connectivity index (χ3v) is 3.05. The molecule has 2 amide bonds. The van der Waals surface area contributed by atoms with Gasteiger partial charge < -0.3 is 14.8 Å². The van der Waals surface area contributed by atoms with Gasteiger partial charge in [-0.2, -0.15) is 0 Å². The van der Waals surface area contributed by atoms with Crippen LogP contribution in [0.5, 0.6) is 11.5 Å². The summed E-state index contributed by atoms with van der Waals surface area (Å²) in [5, 5.41) is 5.44. The first kappa shape index (κ1) is 15.6. The largest absolute Gasteiger partial charge is 0.493 e. The van der Waals surface area contributed by atoms with Gasteiger partial charge in [0.25, 0.3) is 0 Å². The van der Waals surface area contributed by atoms with E-state index in [2.05, 4.69) is 15.6 Å². The van der Waals surface area contributed by atoms with Crippen LogP contribution in [0.25, 0.3) is 0 Å². The maximum absolute atomic E-state index is 11.8. The molecule has 1 aromatic heterocycles. The van der Waals surface area contributed by atoms with Gasteiger partial charge in [-0.15, -0.1) is 0 Å². The highest BCUT2D eigenvalue weighted by molar-refractivity contribution is 5.88. The predicted molar refractivity (Wildman–Crippen MR) is 84.4 cm³/mol. The molecule has 1 heterocycles. The van der Waals surface area contributed by atoms with E-state index in [0.29, 0.717) is 23.9 Å². The van der Waals surface area contributed by atoms with Crippen molar-refractivity contribution in [1.82, 2.24) is 10.3 Å². The first-order valence-electron chi connectivity index (χ1n) is 6.81. The summed E-state index contributed by atoms with van der Waals surface area (Å²) in [7, 11) is 3.16. The number of nitrogens with one attached hydrogen (secondary N) is 2. The SMILES string of the molecule is COc1ccc(CNC(=O)Nc2ccc(C)cn2)cc1OC. The molecular weight excluding hydrogens is 282 g/mol. The first-order valence-corrected chi connectivity index (χ1v) is 6.81. The topological polar surface area (TPSA) is 72.5 Å². The van der Waals surface area contributed by atoms with E-state index in [1.807, 2.05) is 25.1 Å². The van der Waals surface area contributed by atoms with Crippen LogP contribution < -0.4 is 20.1 Å². The van der Waals surface area contributed by atoms with Gasteiger partial charge in [-0.05, 0) is 36.2 Å². The fourth-order valence-electron chi connectivity index (χ4n) is 1.88. The summed E-state index contributed by atoms with van der Waals surface area (Å²) in [6.45, 7) is 2.31. The van der Waals surface area contributed by atoms with Gasteiger partial charge in [0.1, 0.15) is 5.82 Å². The van der Waals surface area contributed by atoms with Crippen LogP contribution in [0.15, 0.2) is 36.5 Å². The molecule has 0 saturated heterocycles. The molecule has 0 radical (unpaired) electrons. The number of rotatable bonds is 5. The Hall–Kier alpha value is -2.76. The zero-order valence-corrected chi connectivity index (χ0v) is 12.8. The molecule has 0 saturated carbocycles. The van der Waals surface area contributed by atoms with E-state index in [-0.39, 0.29) is 6.03 Å². The van der Waals surface area contributed by atoms with Crippen molar-refractivity contribution in [2.24, 2.45) is 0 Å². The van der Waals surface area contributed by atoms with Crippen LogP contribution in [0, 0.1) is 6.92 Å². The summed E-state index contributed by atoms with van der Waals surface area (Å²) in [5.74, 6) is 1.79. The van der Waals surface area contributed by atoms with Crippen LogP contribution in [0.1, 0.15) is 11.1 Å². The molecule has 0 aliphatic carbocycles. The van der Waals surface area contributed by atoms with Crippen LogP contribution in [0.3, 0.4) is 0 Å². The highest BCUT2D eigenvalue weighted by atomic mass is 16.5. The van der Waals surface area contributed by atoms with Crippen molar-refractivity contribution >= 4 is 11.8 Å². The molecule has 22 heavy (non-hydrogen) atoms. The lowest BCUT2D eigenvalue weighted by Gasteiger charge is -2.11. The van der Waals surface area contributed by atoms with E-state index in [4.69, 9.17) is 9.47 Å². The molecule has 116 valence electrons. The molecule has 6 nitrogen and oxygen atoms in total. The molecule has 0 aliphatic rings. The van der Waals surface area contributed by atoms with Crippen molar-refractivity contribution in [3.8, 4) is 11.5 Å².